The van der Waals surface area contributed by atoms with Gasteiger partial charge in [-0.2, -0.15) is 0 Å². The summed E-state index contributed by atoms with van der Waals surface area (Å²) in [6.07, 6.45) is 1.93. The van der Waals surface area contributed by atoms with Gasteiger partial charge in [-0.25, -0.2) is 4.39 Å². The Balaban J connectivity index is 2.05. The minimum absolute atomic E-state index is 0.138. The molecule has 0 spiro atoms. The van der Waals surface area contributed by atoms with Crippen LogP contribution in [0.1, 0.15) is 25.8 Å². The zero-order chi connectivity index (χ0) is 15.5. The number of hydrogen-bond acceptors (Lipinski definition) is 2. The van der Waals surface area contributed by atoms with Crippen LogP contribution < -0.4 is 11.1 Å². The minimum atomic E-state index is -0.347. The van der Waals surface area contributed by atoms with Gasteiger partial charge in [0.25, 0.3) is 0 Å². The summed E-state index contributed by atoms with van der Waals surface area (Å²) in [5.74, 6) is -0.347. The SMILES string of the molecule is CC(C)(CCc1ccccc1)Nc1cc(Br)c(F)cc1N. The molecule has 0 aliphatic rings. The summed E-state index contributed by atoms with van der Waals surface area (Å²) < 4.78 is 13.8. The van der Waals surface area contributed by atoms with Crippen molar-refractivity contribution in [2.45, 2.75) is 32.2 Å². The Bertz CT molecular complexity index is 612. The lowest BCUT2D eigenvalue weighted by Crippen LogP contribution is -2.31. The Morgan fingerprint density at radius 2 is 1.86 bits per heavy atom. The molecule has 0 aromatic heterocycles. The predicted octanol–water partition coefficient (Wildman–Crippen LogP) is 4.99. The number of halogens is 2. The first kappa shape index (κ1) is 15.8. The smallest absolute Gasteiger partial charge is 0.139 e. The van der Waals surface area contributed by atoms with Crippen LogP contribution >= 0.6 is 15.9 Å². The Morgan fingerprint density at radius 1 is 1.19 bits per heavy atom. The van der Waals surface area contributed by atoms with E-state index in [2.05, 4.69) is 47.2 Å². The summed E-state index contributed by atoms with van der Waals surface area (Å²) >= 11 is 3.19. The maximum atomic E-state index is 13.4. The average Bonchev–Trinajstić information content (AvgIpc) is 2.44. The number of rotatable bonds is 5. The first-order chi connectivity index (χ1) is 9.87. The van der Waals surface area contributed by atoms with Crippen LogP contribution in [0.15, 0.2) is 46.9 Å². The Labute approximate surface area is 133 Å². The molecule has 2 aromatic rings. The lowest BCUT2D eigenvalue weighted by Gasteiger charge is -2.28. The normalized spacial score (nSPS) is 11.4. The molecule has 0 aliphatic heterocycles. The van der Waals surface area contributed by atoms with Crippen molar-refractivity contribution >= 4 is 27.3 Å². The number of benzene rings is 2. The molecule has 0 fully saturated rings. The third-order valence-electron chi connectivity index (χ3n) is 3.45. The van der Waals surface area contributed by atoms with Crippen molar-refractivity contribution in [3.05, 3.63) is 58.3 Å². The summed E-state index contributed by atoms with van der Waals surface area (Å²) in [5, 5.41) is 3.40. The van der Waals surface area contributed by atoms with E-state index in [1.807, 2.05) is 18.2 Å². The van der Waals surface area contributed by atoms with E-state index in [0.29, 0.717) is 10.2 Å². The van der Waals surface area contributed by atoms with Crippen LogP contribution in [0.4, 0.5) is 15.8 Å². The molecule has 21 heavy (non-hydrogen) atoms. The van der Waals surface area contributed by atoms with Crippen LogP contribution in [0.25, 0.3) is 0 Å². The molecule has 0 saturated carbocycles. The van der Waals surface area contributed by atoms with Crippen molar-refractivity contribution < 1.29 is 4.39 Å². The molecule has 2 nitrogen and oxygen atoms in total. The van der Waals surface area contributed by atoms with Crippen molar-refractivity contribution in [2.75, 3.05) is 11.1 Å². The van der Waals surface area contributed by atoms with Crippen molar-refractivity contribution in [1.82, 2.24) is 0 Å². The predicted molar refractivity (Wildman–Crippen MR) is 91.0 cm³/mol. The van der Waals surface area contributed by atoms with Crippen molar-refractivity contribution in [3.63, 3.8) is 0 Å². The van der Waals surface area contributed by atoms with Gasteiger partial charge in [-0.15, -0.1) is 0 Å². The number of anilines is 2. The summed E-state index contributed by atoms with van der Waals surface area (Å²) in [7, 11) is 0. The van der Waals surface area contributed by atoms with Gasteiger partial charge in [-0.05, 0) is 54.2 Å². The van der Waals surface area contributed by atoms with Gasteiger partial charge in [0, 0.05) is 11.6 Å². The van der Waals surface area contributed by atoms with Gasteiger partial charge in [-0.1, -0.05) is 30.3 Å². The van der Waals surface area contributed by atoms with Crippen LogP contribution in [0, 0.1) is 5.82 Å². The molecule has 0 atom stereocenters. The largest absolute Gasteiger partial charge is 0.397 e. The molecular weight excluding hydrogens is 331 g/mol. The molecule has 0 unspecified atom stereocenters. The van der Waals surface area contributed by atoms with E-state index in [4.69, 9.17) is 5.73 Å². The second kappa shape index (κ2) is 6.48. The molecule has 3 N–H and O–H groups in total. The van der Waals surface area contributed by atoms with Crippen LogP contribution in [-0.2, 0) is 6.42 Å². The molecule has 112 valence electrons. The van der Waals surface area contributed by atoms with Gasteiger partial charge >= 0.3 is 0 Å². The summed E-state index contributed by atoms with van der Waals surface area (Å²) in [6.45, 7) is 4.24. The molecule has 0 radical (unpaired) electrons. The second-order valence-electron chi connectivity index (χ2n) is 5.85. The highest BCUT2D eigenvalue weighted by Crippen LogP contribution is 2.30. The van der Waals surface area contributed by atoms with Gasteiger partial charge in [-0.3, -0.25) is 0 Å². The van der Waals surface area contributed by atoms with Gasteiger partial charge in [0.15, 0.2) is 0 Å². The van der Waals surface area contributed by atoms with E-state index in [1.165, 1.54) is 11.6 Å². The summed E-state index contributed by atoms with van der Waals surface area (Å²) in [6, 6.07) is 13.4. The number of nitrogen functional groups attached to an aromatic ring is 1. The Morgan fingerprint density at radius 3 is 2.52 bits per heavy atom. The lowest BCUT2D eigenvalue weighted by atomic mass is 9.94. The fourth-order valence-electron chi connectivity index (χ4n) is 2.20. The van der Waals surface area contributed by atoms with E-state index in [0.717, 1.165) is 18.5 Å². The maximum absolute atomic E-state index is 13.4. The van der Waals surface area contributed by atoms with Crippen LogP contribution in [0.5, 0.6) is 0 Å². The molecule has 0 amide bonds. The second-order valence-corrected chi connectivity index (χ2v) is 6.70. The van der Waals surface area contributed by atoms with E-state index in [-0.39, 0.29) is 11.4 Å². The molecule has 2 rings (SSSR count). The van der Waals surface area contributed by atoms with Crippen molar-refractivity contribution in [2.24, 2.45) is 0 Å². The van der Waals surface area contributed by atoms with Crippen LogP contribution in [0.3, 0.4) is 0 Å². The molecule has 0 saturated heterocycles. The Kier molecular flexibility index (Phi) is 4.88. The number of hydrogen-bond donors (Lipinski definition) is 2. The monoisotopic (exact) mass is 350 g/mol. The zero-order valence-corrected chi connectivity index (χ0v) is 13.9. The molecule has 0 bridgehead atoms. The van der Waals surface area contributed by atoms with Gasteiger partial charge < -0.3 is 11.1 Å². The number of nitrogens with two attached hydrogens (primary N) is 1. The van der Waals surface area contributed by atoms with Gasteiger partial charge in [0.05, 0.1) is 15.8 Å². The first-order valence-corrected chi connectivity index (χ1v) is 7.73. The van der Waals surface area contributed by atoms with E-state index >= 15 is 0 Å². The topological polar surface area (TPSA) is 38.0 Å². The van der Waals surface area contributed by atoms with Crippen molar-refractivity contribution in [3.8, 4) is 0 Å². The number of nitrogens with one attached hydrogen (secondary N) is 1. The van der Waals surface area contributed by atoms with Crippen LogP contribution in [-0.4, -0.2) is 5.54 Å². The zero-order valence-electron chi connectivity index (χ0n) is 12.3. The Hall–Kier alpha value is -1.55. The first-order valence-electron chi connectivity index (χ1n) is 6.94. The van der Waals surface area contributed by atoms with E-state index in [1.54, 1.807) is 6.07 Å². The minimum Gasteiger partial charge on any atom is -0.397 e. The summed E-state index contributed by atoms with van der Waals surface area (Å²) in [4.78, 5) is 0. The third kappa shape index (κ3) is 4.46. The third-order valence-corrected chi connectivity index (χ3v) is 4.05. The highest BCUT2D eigenvalue weighted by molar-refractivity contribution is 9.10. The van der Waals surface area contributed by atoms with Gasteiger partial charge in [0.1, 0.15) is 5.82 Å². The van der Waals surface area contributed by atoms with Crippen LogP contribution in [0.2, 0.25) is 0 Å². The average molecular weight is 351 g/mol. The molecule has 0 heterocycles. The lowest BCUT2D eigenvalue weighted by molar-refractivity contribution is 0.518. The van der Waals surface area contributed by atoms with E-state index in [9.17, 15) is 4.39 Å². The summed E-state index contributed by atoms with van der Waals surface area (Å²) in [5.41, 5.74) is 8.22. The fraction of sp³-hybridized carbons (Fsp3) is 0.294. The van der Waals surface area contributed by atoms with Crippen molar-refractivity contribution in [1.29, 1.82) is 0 Å². The molecular formula is C17H20BrFN2. The number of aryl methyl sites for hydroxylation is 1. The quantitative estimate of drug-likeness (QED) is 0.745. The standard InChI is InChI=1S/C17H20BrFN2/c1-17(2,9-8-12-6-4-3-5-7-12)21-16-10-13(18)14(19)11-15(16)20/h3-7,10-11,21H,8-9,20H2,1-2H3. The molecule has 2 aromatic carbocycles. The molecule has 4 heteroatoms. The molecule has 0 aliphatic carbocycles. The van der Waals surface area contributed by atoms with Gasteiger partial charge in [0.2, 0.25) is 0 Å². The highest BCUT2D eigenvalue weighted by atomic mass is 79.9. The highest BCUT2D eigenvalue weighted by Gasteiger charge is 2.19. The fourth-order valence-corrected chi connectivity index (χ4v) is 2.54. The maximum Gasteiger partial charge on any atom is 0.139 e. The van der Waals surface area contributed by atoms with E-state index < -0.39 is 0 Å².